The van der Waals surface area contributed by atoms with Crippen molar-refractivity contribution in [3.8, 4) is 0 Å². The smallest absolute Gasteiger partial charge is 0.0546 e. The Kier molecular flexibility index (Phi) is 1.89. The first-order valence-corrected chi connectivity index (χ1v) is 4.52. The molecular weight excluding hydrogens is 148 g/mol. The highest BCUT2D eigenvalue weighted by Gasteiger charge is 2.41. The average molecular weight is 162 g/mol. The first kappa shape index (κ1) is 7.81. The van der Waals surface area contributed by atoms with Crippen LogP contribution in [0.15, 0.2) is 30.3 Å². The Balaban J connectivity index is 2.06. The van der Waals surface area contributed by atoms with Gasteiger partial charge < -0.3 is 5.11 Å². The molecule has 0 aliphatic heterocycles. The zero-order valence-corrected chi connectivity index (χ0v) is 7.27. The molecule has 1 aliphatic carbocycles. The van der Waals surface area contributed by atoms with E-state index in [0.717, 1.165) is 6.42 Å². The molecule has 1 fully saturated rings. The summed E-state index contributed by atoms with van der Waals surface area (Å²) >= 11 is 0. The van der Waals surface area contributed by atoms with Crippen LogP contribution >= 0.6 is 0 Å². The number of aliphatic hydroxyl groups excluding tert-OH is 1. The Morgan fingerprint density at radius 2 is 2.00 bits per heavy atom. The summed E-state index contributed by atoms with van der Waals surface area (Å²) in [7, 11) is 0. The molecular formula is C11H14O. The standard InChI is InChI=1S/C11H14O/c1-8(12)10-7-11(10)9-5-3-2-4-6-9/h2-6,8,10-12H,7H2,1H3/t8-,10-,11-/m1/s1. The lowest BCUT2D eigenvalue weighted by molar-refractivity contribution is 0.169. The third kappa shape index (κ3) is 1.37. The van der Waals surface area contributed by atoms with E-state index in [4.69, 9.17) is 0 Å². The van der Waals surface area contributed by atoms with Crippen LogP contribution in [0, 0.1) is 5.92 Å². The zero-order valence-electron chi connectivity index (χ0n) is 7.27. The van der Waals surface area contributed by atoms with Gasteiger partial charge in [-0.3, -0.25) is 0 Å². The van der Waals surface area contributed by atoms with Gasteiger partial charge in [0.25, 0.3) is 0 Å². The van der Waals surface area contributed by atoms with Crippen molar-refractivity contribution in [1.29, 1.82) is 0 Å². The van der Waals surface area contributed by atoms with Crippen LogP contribution < -0.4 is 0 Å². The summed E-state index contributed by atoms with van der Waals surface area (Å²) in [5.41, 5.74) is 1.38. The van der Waals surface area contributed by atoms with Crippen LogP contribution in [-0.4, -0.2) is 11.2 Å². The first-order valence-electron chi connectivity index (χ1n) is 4.52. The maximum absolute atomic E-state index is 9.32. The lowest BCUT2D eigenvalue weighted by atomic mass is 10.1. The molecule has 0 aromatic heterocycles. The fourth-order valence-electron chi connectivity index (χ4n) is 1.83. The van der Waals surface area contributed by atoms with E-state index in [1.807, 2.05) is 13.0 Å². The van der Waals surface area contributed by atoms with E-state index in [1.165, 1.54) is 5.56 Å². The Hall–Kier alpha value is -0.820. The van der Waals surface area contributed by atoms with Gasteiger partial charge in [0.15, 0.2) is 0 Å². The average Bonchev–Trinajstić information content (AvgIpc) is 2.84. The zero-order chi connectivity index (χ0) is 8.55. The van der Waals surface area contributed by atoms with Crippen LogP contribution in [0.25, 0.3) is 0 Å². The van der Waals surface area contributed by atoms with Crippen molar-refractivity contribution >= 4 is 0 Å². The second kappa shape index (κ2) is 2.91. The van der Waals surface area contributed by atoms with Crippen LogP contribution in [0.5, 0.6) is 0 Å². The maximum atomic E-state index is 9.32. The number of hydrogen-bond acceptors (Lipinski definition) is 1. The molecule has 0 saturated heterocycles. The van der Waals surface area contributed by atoms with Crippen LogP contribution in [0.4, 0.5) is 0 Å². The van der Waals surface area contributed by atoms with E-state index < -0.39 is 0 Å². The van der Waals surface area contributed by atoms with E-state index in [1.54, 1.807) is 0 Å². The van der Waals surface area contributed by atoms with E-state index in [9.17, 15) is 5.11 Å². The molecule has 1 heteroatoms. The molecule has 1 nitrogen and oxygen atoms in total. The summed E-state index contributed by atoms with van der Waals surface area (Å²) in [6.45, 7) is 1.88. The summed E-state index contributed by atoms with van der Waals surface area (Å²) in [5, 5.41) is 9.32. The molecule has 12 heavy (non-hydrogen) atoms. The second-order valence-corrected chi connectivity index (χ2v) is 3.66. The first-order chi connectivity index (χ1) is 5.79. The maximum Gasteiger partial charge on any atom is 0.0546 e. The van der Waals surface area contributed by atoms with Crippen LogP contribution in [0.2, 0.25) is 0 Å². The van der Waals surface area contributed by atoms with Gasteiger partial charge in [-0.05, 0) is 30.7 Å². The minimum atomic E-state index is -0.143. The normalized spacial score (nSPS) is 29.8. The van der Waals surface area contributed by atoms with E-state index >= 15 is 0 Å². The highest BCUT2D eigenvalue weighted by atomic mass is 16.3. The highest BCUT2D eigenvalue weighted by Crippen LogP contribution is 2.49. The van der Waals surface area contributed by atoms with Gasteiger partial charge in [0.1, 0.15) is 0 Å². The summed E-state index contributed by atoms with van der Waals surface area (Å²) in [6, 6.07) is 10.4. The summed E-state index contributed by atoms with van der Waals surface area (Å²) in [6.07, 6.45) is 1.01. The van der Waals surface area contributed by atoms with E-state index in [-0.39, 0.29) is 6.10 Å². The fourth-order valence-corrected chi connectivity index (χ4v) is 1.83. The van der Waals surface area contributed by atoms with Crippen LogP contribution in [0.3, 0.4) is 0 Å². The quantitative estimate of drug-likeness (QED) is 0.706. The summed E-state index contributed by atoms with van der Waals surface area (Å²) in [4.78, 5) is 0. The van der Waals surface area contributed by atoms with Crippen molar-refractivity contribution < 1.29 is 5.11 Å². The van der Waals surface area contributed by atoms with Gasteiger partial charge in [-0.1, -0.05) is 30.3 Å². The van der Waals surface area contributed by atoms with Crippen molar-refractivity contribution in [3.05, 3.63) is 35.9 Å². The van der Waals surface area contributed by atoms with Gasteiger partial charge in [-0.2, -0.15) is 0 Å². The third-order valence-corrected chi connectivity index (χ3v) is 2.69. The third-order valence-electron chi connectivity index (χ3n) is 2.69. The van der Waals surface area contributed by atoms with Gasteiger partial charge >= 0.3 is 0 Å². The Bertz CT molecular complexity index is 253. The number of hydrogen-bond donors (Lipinski definition) is 1. The molecule has 1 N–H and O–H groups in total. The predicted molar refractivity (Wildman–Crippen MR) is 49.0 cm³/mol. The van der Waals surface area contributed by atoms with Crippen molar-refractivity contribution in [3.63, 3.8) is 0 Å². The molecule has 0 spiro atoms. The van der Waals surface area contributed by atoms with E-state index in [0.29, 0.717) is 11.8 Å². The summed E-state index contributed by atoms with van der Waals surface area (Å²) in [5.74, 6) is 1.12. The minimum absolute atomic E-state index is 0.143. The van der Waals surface area contributed by atoms with Crippen molar-refractivity contribution in [2.45, 2.75) is 25.4 Å². The van der Waals surface area contributed by atoms with Crippen molar-refractivity contribution in [2.24, 2.45) is 5.92 Å². The largest absolute Gasteiger partial charge is 0.393 e. The molecule has 2 rings (SSSR count). The summed E-state index contributed by atoms with van der Waals surface area (Å²) < 4.78 is 0. The van der Waals surface area contributed by atoms with Gasteiger partial charge in [-0.25, -0.2) is 0 Å². The molecule has 0 bridgehead atoms. The predicted octanol–water partition coefficient (Wildman–Crippen LogP) is 2.17. The van der Waals surface area contributed by atoms with E-state index in [2.05, 4.69) is 24.3 Å². The van der Waals surface area contributed by atoms with Gasteiger partial charge in [-0.15, -0.1) is 0 Å². The van der Waals surface area contributed by atoms with Crippen molar-refractivity contribution in [2.75, 3.05) is 0 Å². The highest BCUT2D eigenvalue weighted by molar-refractivity contribution is 5.25. The minimum Gasteiger partial charge on any atom is -0.393 e. The Morgan fingerprint density at radius 1 is 1.33 bits per heavy atom. The van der Waals surface area contributed by atoms with Crippen LogP contribution in [-0.2, 0) is 0 Å². The molecule has 3 atom stereocenters. The lowest BCUT2D eigenvalue weighted by Crippen LogP contribution is -2.03. The molecule has 0 radical (unpaired) electrons. The number of benzene rings is 1. The number of aliphatic hydroxyl groups is 1. The molecule has 0 heterocycles. The molecule has 64 valence electrons. The Morgan fingerprint density at radius 3 is 2.50 bits per heavy atom. The number of rotatable bonds is 2. The molecule has 0 unspecified atom stereocenters. The monoisotopic (exact) mass is 162 g/mol. The molecule has 1 aromatic carbocycles. The fraction of sp³-hybridized carbons (Fsp3) is 0.455. The topological polar surface area (TPSA) is 20.2 Å². The lowest BCUT2D eigenvalue weighted by Gasteiger charge is -2.02. The van der Waals surface area contributed by atoms with Crippen molar-refractivity contribution in [1.82, 2.24) is 0 Å². The molecule has 0 amide bonds. The SMILES string of the molecule is C[C@@H](O)[C@H]1C[C@@H]1c1ccccc1. The molecule has 1 aromatic rings. The second-order valence-electron chi connectivity index (χ2n) is 3.66. The van der Waals surface area contributed by atoms with Crippen LogP contribution in [0.1, 0.15) is 24.8 Å². The Labute approximate surface area is 73.0 Å². The van der Waals surface area contributed by atoms with Gasteiger partial charge in [0.2, 0.25) is 0 Å². The molecule has 1 saturated carbocycles. The van der Waals surface area contributed by atoms with Gasteiger partial charge in [0, 0.05) is 0 Å². The van der Waals surface area contributed by atoms with Gasteiger partial charge in [0.05, 0.1) is 6.10 Å². The molecule has 1 aliphatic rings.